The molecule has 0 amide bonds. The quantitative estimate of drug-likeness (QED) is 0.259. The van der Waals surface area contributed by atoms with Crippen molar-refractivity contribution in [2.45, 2.75) is 25.8 Å². The number of ether oxygens (including phenoxy) is 2. The molecule has 1 N–H and O–H groups in total. The Balaban J connectivity index is 0.00000420. The van der Waals surface area contributed by atoms with E-state index in [1.165, 1.54) is 12.7 Å². The van der Waals surface area contributed by atoms with Crippen molar-refractivity contribution in [2.75, 3.05) is 54.5 Å². The van der Waals surface area contributed by atoms with Crippen molar-refractivity contribution in [2.24, 2.45) is 10.9 Å². The highest BCUT2D eigenvalue weighted by atomic mass is 127. The van der Waals surface area contributed by atoms with Crippen LogP contribution in [0.5, 0.6) is 5.75 Å². The van der Waals surface area contributed by atoms with Gasteiger partial charge >= 0.3 is 5.97 Å². The Morgan fingerprint density at radius 2 is 1.86 bits per heavy atom. The number of carbonyl (C=O) groups excluding carboxylic acids is 1. The van der Waals surface area contributed by atoms with E-state index >= 15 is 0 Å². The molecule has 1 aromatic rings. The van der Waals surface area contributed by atoms with E-state index in [0.29, 0.717) is 6.54 Å². The number of methoxy groups -OCH3 is 2. The lowest BCUT2D eigenvalue weighted by molar-refractivity contribution is -0.146. The number of rotatable bonds is 7. The molecule has 164 valence electrons. The summed E-state index contributed by atoms with van der Waals surface area (Å²) >= 11 is 0. The summed E-state index contributed by atoms with van der Waals surface area (Å²) in [5.41, 5.74) is 1.20. The molecule has 29 heavy (non-hydrogen) atoms. The number of nitrogens with one attached hydrogen (secondary N) is 1. The van der Waals surface area contributed by atoms with Crippen LogP contribution >= 0.6 is 24.0 Å². The predicted molar refractivity (Wildman–Crippen MR) is 127 cm³/mol. The number of likely N-dealkylation sites (N-methyl/N-ethyl adjacent to an activating group) is 1. The van der Waals surface area contributed by atoms with Gasteiger partial charge in [0.1, 0.15) is 5.75 Å². The minimum absolute atomic E-state index is 0. The molecule has 1 unspecified atom stereocenters. The van der Waals surface area contributed by atoms with Gasteiger partial charge in [-0.15, -0.1) is 24.0 Å². The molecule has 0 radical (unpaired) electrons. The number of benzene rings is 1. The van der Waals surface area contributed by atoms with Crippen LogP contribution in [0, 0.1) is 5.92 Å². The van der Waals surface area contributed by atoms with Crippen molar-refractivity contribution in [1.29, 1.82) is 0 Å². The molecule has 2 rings (SSSR count). The van der Waals surface area contributed by atoms with E-state index in [1.807, 2.05) is 12.1 Å². The van der Waals surface area contributed by atoms with E-state index < -0.39 is 0 Å². The largest absolute Gasteiger partial charge is 0.497 e. The first kappa shape index (κ1) is 25.5. The lowest BCUT2D eigenvalue weighted by atomic mass is 9.97. The number of carbonyl (C=O) groups is 1. The zero-order valence-corrected chi connectivity index (χ0v) is 20.5. The van der Waals surface area contributed by atoms with E-state index in [2.05, 4.69) is 48.3 Å². The maximum Gasteiger partial charge on any atom is 0.308 e. The fourth-order valence-electron chi connectivity index (χ4n) is 3.49. The van der Waals surface area contributed by atoms with E-state index in [-0.39, 0.29) is 41.9 Å². The number of piperidine rings is 1. The number of nitrogens with zero attached hydrogens (tertiary/aromatic N) is 3. The number of esters is 1. The number of hydrogen-bond donors (Lipinski definition) is 1. The smallest absolute Gasteiger partial charge is 0.308 e. The molecule has 1 aliphatic rings. The van der Waals surface area contributed by atoms with Crippen LogP contribution in [0.25, 0.3) is 0 Å². The summed E-state index contributed by atoms with van der Waals surface area (Å²) in [6, 6.07) is 8.32. The average molecular weight is 518 g/mol. The van der Waals surface area contributed by atoms with Crippen molar-refractivity contribution < 1.29 is 14.3 Å². The Kier molecular flexibility index (Phi) is 11.3. The molecule has 1 atom stereocenters. The number of halogens is 1. The van der Waals surface area contributed by atoms with Gasteiger partial charge < -0.3 is 24.6 Å². The summed E-state index contributed by atoms with van der Waals surface area (Å²) in [4.78, 5) is 21.1. The van der Waals surface area contributed by atoms with Gasteiger partial charge in [0, 0.05) is 19.6 Å². The van der Waals surface area contributed by atoms with Crippen LogP contribution in [-0.4, -0.2) is 76.2 Å². The van der Waals surface area contributed by atoms with Crippen LogP contribution in [-0.2, 0) is 9.53 Å². The standard InChI is InChI=1S/C21H34N4O3.HI/c1-6-22-21(25-13-11-17(12-14-25)20(26)28-5)23-15-19(24(2)3)16-7-9-18(27-4)10-8-16;/h7-10,17,19H,6,11-15H2,1-5H3,(H,22,23);1H. The minimum atomic E-state index is -0.103. The number of hydrogen-bond acceptors (Lipinski definition) is 5. The molecule has 1 saturated heterocycles. The molecule has 1 fully saturated rings. The second kappa shape index (κ2) is 12.9. The van der Waals surface area contributed by atoms with Gasteiger partial charge in [0.2, 0.25) is 0 Å². The fraction of sp³-hybridized carbons (Fsp3) is 0.619. The Bertz CT molecular complexity index is 644. The minimum Gasteiger partial charge on any atom is -0.497 e. The van der Waals surface area contributed by atoms with Gasteiger partial charge in [0.05, 0.1) is 32.7 Å². The molecule has 0 aromatic heterocycles. The van der Waals surface area contributed by atoms with Gasteiger partial charge in [-0.1, -0.05) is 12.1 Å². The summed E-state index contributed by atoms with van der Waals surface area (Å²) in [6.07, 6.45) is 1.60. The molecule has 0 bridgehead atoms. The van der Waals surface area contributed by atoms with E-state index in [1.54, 1.807) is 7.11 Å². The van der Waals surface area contributed by atoms with Gasteiger partial charge in [-0.2, -0.15) is 0 Å². The third kappa shape index (κ3) is 7.33. The molecule has 0 aliphatic carbocycles. The molecule has 0 saturated carbocycles. The Morgan fingerprint density at radius 3 is 2.34 bits per heavy atom. The van der Waals surface area contributed by atoms with Gasteiger partial charge in [-0.05, 0) is 51.6 Å². The number of aliphatic imine (C=N–C) groups is 1. The first-order valence-corrected chi connectivity index (χ1v) is 9.91. The number of guanidine groups is 1. The Morgan fingerprint density at radius 1 is 1.24 bits per heavy atom. The van der Waals surface area contributed by atoms with Crippen molar-refractivity contribution >= 4 is 35.9 Å². The van der Waals surface area contributed by atoms with Crippen LogP contribution in [0.3, 0.4) is 0 Å². The molecule has 1 heterocycles. The molecule has 8 heteroatoms. The Labute approximate surface area is 191 Å². The molecular weight excluding hydrogens is 483 g/mol. The molecule has 1 aliphatic heterocycles. The van der Waals surface area contributed by atoms with Crippen LogP contribution in [0.15, 0.2) is 29.3 Å². The van der Waals surface area contributed by atoms with Crippen molar-refractivity contribution in [1.82, 2.24) is 15.1 Å². The predicted octanol–water partition coefficient (Wildman–Crippen LogP) is 2.77. The summed E-state index contributed by atoms with van der Waals surface area (Å²) in [6.45, 7) is 5.15. The highest BCUT2D eigenvalue weighted by Gasteiger charge is 2.27. The lowest BCUT2D eigenvalue weighted by Gasteiger charge is -2.33. The average Bonchev–Trinajstić information content (AvgIpc) is 2.73. The monoisotopic (exact) mass is 518 g/mol. The molecule has 0 spiro atoms. The van der Waals surface area contributed by atoms with Crippen LogP contribution in [0.1, 0.15) is 31.4 Å². The third-order valence-corrected chi connectivity index (χ3v) is 5.20. The van der Waals surface area contributed by atoms with Crippen molar-refractivity contribution in [3.8, 4) is 5.75 Å². The van der Waals surface area contributed by atoms with Crippen molar-refractivity contribution in [3.63, 3.8) is 0 Å². The SMILES string of the molecule is CCNC(=NCC(c1ccc(OC)cc1)N(C)C)N1CCC(C(=O)OC)CC1.I. The second-order valence-electron chi connectivity index (χ2n) is 7.23. The highest BCUT2D eigenvalue weighted by Crippen LogP contribution is 2.22. The zero-order chi connectivity index (χ0) is 20.5. The zero-order valence-electron chi connectivity index (χ0n) is 18.2. The topological polar surface area (TPSA) is 66.4 Å². The summed E-state index contributed by atoms with van der Waals surface area (Å²) in [5, 5.41) is 3.40. The first-order chi connectivity index (χ1) is 13.5. The molecule has 7 nitrogen and oxygen atoms in total. The second-order valence-corrected chi connectivity index (χ2v) is 7.23. The third-order valence-electron chi connectivity index (χ3n) is 5.20. The summed E-state index contributed by atoms with van der Waals surface area (Å²) in [5.74, 6) is 1.66. The normalized spacial score (nSPS) is 16.2. The summed E-state index contributed by atoms with van der Waals surface area (Å²) < 4.78 is 10.1. The highest BCUT2D eigenvalue weighted by molar-refractivity contribution is 14.0. The molecular formula is C21H35IN4O3. The maximum absolute atomic E-state index is 11.8. The van der Waals surface area contributed by atoms with Gasteiger partial charge in [-0.25, -0.2) is 0 Å². The van der Waals surface area contributed by atoms with Gasteiger partial charge in [0.25, 0.3) is 0 Å². The lowest BCUT2D eigenvalue weighted by Crippen LogP contribution is -2.47. The summed E-state index contributed by atoms with van der Waals surface area (Å²) in [7, 11) is 7.27. The van der Waals surface area contributed by atoms with Crippen molar-refractivity contribution in [3.05, 3.63) is 29.8 Å². The van der Waals surface area contributed by atoms with E-state index in [4.69, 9.17) is 14.5 Å². The number of likely N-dealkylation sites (tertiary alicyclic amines) is 1. The van der Waals surface area contributed by atoms with Crippen LogP contribution in [0.4, 0.5) is 0 Å². The molecule has 1 aromatic carbocycles. The van der Waals surface area contributed by atoms with Gasteiger partial charge in [0.15, 0.2) is 5.96 Å². The first-order valence-electron chi connectivity index (χ1n) is 9.91. The van der Waals surface area contributed by atoms with E-state index in [0.717, 1.165) is 44.2 Å². The Hall–Kier alpha value is -1.55. The maximum atomic E-state index is 11.8. The van der Waals surface area contributed by atoms with E-state index in [9.17, 15) is 4.79 Å². The fourth-order valence-corrected chi connectivity index (χ4v) is 3.49. The van der Waals surface area contributed by atoms with Crippen LogP contribution in [0.2, 0.25) is 0 Å². The van der Waals surface area contributed by atoms with Crippen LogP contribution < -0.4 is 10.1 Å². The van der Waals surface area contributed by atoms with Gasteiger partial charge in [-0.3, -0.25) is 9.79 Å².